The maximum atomic E-state index is 11.3. The summed E-state index contributed by atoms with van der Waals surface area (Å²) < 4.78 is 0. The molecule has 0 aliphatic carbocycles. The highest BCUT2D eigenvalue weighted by atomic mass is 35.5. The number of nitrogens with zero attached hydrogens (tertiary/aromatic N) is 2. The van der Waals surface area contributed by atoms with E-state index in [9.17, 15) is 4.79 Å². The molecule has 0 radical (unpaired) electrons. The van der Waals surface area contributed by atoms with Gasteiger partial charge in [0.25, 0.3) is 5.91 Å². The summed E-state index contributed by atoms with van der Waals surface area (Å²) in [6, 6.07) is 2.95. The van der Waals surface area contributed by atoms with Crippen LogP contribution in [-0.4, -0.2) is 22.9 Å². The van der Waals surface area contributed by atoms with Crippen LogP contribution in [0.1, 0.15) is 10.4 Å². The summed E-state index contributed by atoms with van der Waals surface area (Å²) >= 11 is 11.2. The van der Waals surface area contributed by atoms with Gasteiger partial charge >= 0.3 is 0 Å². The minimum absolute atomic E-state index is 0.0507. The van der Waals surface area contributed by atoms with Gasteiger partial charge in [-0.05, 0) is 12.1 Å². The zero-order valence-electron chi connectivity index (χ0n) is 6.79. The standard InChI is InChI=1S/C7H7Cl2N3O/c1-12(10)7(13)4-2-3-5(8)11-6(4)9/h2-3H,10H2,1H3. The molecule has 0 bridgehead atoms. The Morgan fingerprint density at radius 3 is 2.62 bits per heavy atom. The second kappa shape index (κ2) is 3.91. The Kier molecular flexibility index (Phi) is 3.08. The number of pyridine rings is 1. The van der Waals surface area contributed by atoms with Gasteiger partial charge in [0.15, 0.2) is 0 Å². The van der Waals surface area contributed by atoms with Crippen molar-refractivity contribution in [1.29, 1.82) is 0 Å². The van der Waals surface area contributed by atoms with E-state index in [-0.39, 0.29) is 15.9 Å². The van der Waals surface area contributed by atoms with Crippen molar-refractivity contribution < 1.29 is 4.79 Å². The second-order valence-electron chi connectivity index (χ2n) is 2.39. The van der Waals surface area contributed by atoms with Crippen LogP contribution in [0.15, 0.2) is 12.1 Å². The van der Waals surface area contributed by atoms with Crippen LogP contribution in [0.25, 0.3) is 0 Å². The van der Waals surface area contributed by atoms with E-state index in [4.69, 9.17) is 29.0 Å². The number of hydrogen-bond acceptors (Lipinski definition) is 3. The topological polar surface area (TPSA) is 59.2 Å². The normalized spacial score (nSPS) is 9.85. The summed E-state index contributed by atoms with van der Waals surface area (Å²) in [7, 11) is 1.42. The van der Waals surface area contributed by atoms with Crippen LogP contribution < -0.4 is 5.84 Å². The summed E-state index contributed by atoms with van der Waals surface area (Å²) in [4.78, 5) is 15.0. The Labute approximate surface area is 85.2 Å². The first kappa shape index (κ1) is 10.2. The fourth-order valence-corrected chi connectivity index (χ4v) is 1.19. The Morgan fingerprint density at radius 1 is 1.54 bits per heavy atom. The Bertz CT molecular complexity index is 341. The van der Waals surface area contributed by atoms with Crippen molar-refractivity contribution in [3.05, 3.63) is 28.0 Å². The molecular formula is C7H7Cl2N3O. The van der Waals surface area contributed by atoms with Crippen LogP contribution in [0.3, 0.4) is 0 Å². The minimum atomic E-state index is -0.408. The molecule has 0 aliphatic heterocycles. The molecule has 0 saturated carbocycles. The van der Waals surface area contributed by atoms with Crippen molar-refractivity contribution >= 4 is 29.1 Å². The number of nitrogens with two attached hydrogens (primary N) is 1. The van der Waals surface area contributed by atoms with E-state index < -0.39 is 5.91 Å². The lowest BCUT2D eigenvalue weighted by atomic mass is 10.3. The minimum Gasteiger partial charge on any atom is -0.280 e. The third-order valence-electron chi connectivity index (χ3n) is 1.37. The summed E-state index contributed by atoms with van der Waals surface area (Å²) in [6.07, 6.45) is 0. The lowest BCUT2D eigenvalue weighted by Crippen LogP contribution is -2.33. The summed E-state index contributed by atoms with van der Waals surface area (Å²) in [5, 5.41) is 1.22. The molecule has 0 fully saturated rings. The molecule has 4 nitrogen and oxygen atoms in total. The third kappa shape index (κ3) is 2.30. The molecule has 13 heavy (non-hydrogen) atoms. The van der Waals surface area contributed by atoms with Crippen molar-refractivity contribution in [3.63, 3.8) is 0 Å². The van der Waals surface area contributed by atoms with Gasteiger partial charge in [0.1, 0.15) is 10.3 Å². The maximum Gasteiger partial charge on any atom is 0.270 e. The maximum absolute atomic E-state index is 11.3. The molecule has 1 aromatic heterocycles. The number of carbonyl (C=O) groups excluding carboxylic acids is 1. The monoisotopic (exact) mass is 219 g/mol. The molecule has 1 heterocycles. The zero-order valence-corrected chi connectivity index (χ0v) is 8.30. The predicted molar refractivity (Wildman–Crippen MR) is 50.5 cm³/mol. The fourth-order valence-electron chi connectivity index (χ4n) is 0.762. The molecule has 2 N–H and O–H groups in total. The third-order valence-corrected chi connectivity index (χ3v) is 1.86. The molecule has 0 atom stereocenters. The van der Waals surface area contributed by atoms with Crippen LogP contribution in [0, 0.1) is 0 Å². The van der Waals surface area contributed by atoms with Crippen LogP contribution in [0.4, 0.5) is 0 Å². The fraction of sp³-hybridized carbons (Fsp3) is 0.143. The largest absolute Gasteiger partial charge is 0.280 e. The molecule has 0 saturated heterocycles. The number of amides is 1. The van der Waals surface area contributed by atoms with Crippen molar-refractivity contribution in [2.45, 2.75) is 0 Å². The summed E-state index contributed by atoms with van der Waals surface area (Å²) in [5.41, 5.74) is 0.232. The predicted octanol–water partition coefficient (Wildman–Crippen LogP) is 1.33. The number of aromatic nitrogens is 1. The van der Waals surface area contributed by atoms with E-state index in [1.54, 1.807) is 0 Å². The zero-order chi connectivity index (χ0) is 10.0. The number of hydrogen-bond donors (Lipinski definition) is 1. The van der Waals surface area contributed by atoms with Gasteiger partial charge in [0.05, 0.1) is 5.56 Å². The molecule has 0 aliphatic rings. The second-order valence-corrected chi connectivity index (χ2v) is 3.13. The van der Waals surface area contributed by atoms with Crippen LogP contribution in [0.2, 0.25) is 10.3 Å². The lowest BCUT2D eigenvalue weighted by Gasteiger charge is -2.10. The molecule has 0 spiro atoms. The van der Waals surface area contributed by atoms with Gasteiger partial charge in [-0.2, -0.15) is 0 Å². The Morgan fingerprint density at radius 2 is 2.15 bits per heavy atom. The highest BCUT2D eigenvalue weighted by molar-refractivity contribution is 6.34. The van der Waals surface area contributed by atoms with E-state index >= 15 is 0 Å². The SMILES string of the molecule is CN(N)C(=O)c1ccc(Cl)nc1Cl. The number of hydrazine groups is 1. The van der Waals surface area contributed by atoms with Gasteiger partial charge < -0.3 is 0 Å². The molecular weight excluding hydrogens is 213 g/mol. The van der Waals surface area contributed by atoms with E-state index in [0.29, 0.717) is 0 Å². The Hall–Kier alpha value is -0.840. The molecule has 0 unspecified atom stereocenters. The van der Waals surface area contributed by atoms with E-state index in [0.717, 1.165) is 5.01 Å². The Balaban J connectivity index is 3.09. The van der Waals surface area contributed by atoms with E-state index in [1.807, 2.05) is 0 Å². The number of rotatable bonds is 1. The first-order valence-corrected chi connectivity index (χ1v) is 4.12. The highest BCUT2D eigenvalue weighted by Crippen LogP contribution is 2.17. The molecule has 1 rings (SSSR count). The van der Waals surface area contributed by atoms with Crippen molar-refractivity contribution in [3.8, 4) is 0 Å². The lowest BCUT2D eigenvalue weighted by molar-refractivity contribution is 0.0795. The van der Waals surface area contributed by atoms with Crippen LogP contribution in [-0.2, 0) is 0 Å². The van der Waals surface area contributed by atoms with Crippen LogP contribution in [0.5, 0.6) is 0 Å². The first-order chi connectivity index (χ1) is 6.02. The van der Waals surface area contributed by atoms with Gasteiger partial charge in [0, 0.05) is 7.05 Å². The highest BCUT2D eigenvalue weighted by Gasteiger charge is 2.13. The van der Waals surface area contributed by atoms with E-state index in [1.165, 1.54) is 19.2 Å². The number of halogens is 2. The van der Waals surface area contributed by atoms with Gasteiger partial charge in [-0.25, -0.2) is 10.8 Å². The van der Waals surface area contributed by atoms with E-state index in [2.05, 4.69) is 4.98 Å². The van der Waals surface area contributed by atoms with Crippen LogP contribution >= 0.6 is 23.2 Å². The number of carbonyl (C=O) groups is 1. The molecule has 0 aromatic carbocycles. The summed E-state index contributed by atoms with van der Waals surface area (Å²) in [5.74, 6) is 4.83. The van der Waals surface area contributed by atoms with Gasteiger partial charge in [-0.3, -0.25) is 9.80 Å². The average molecular weight is 220 g/mol. The average Bonchev–Trinajstić information content (AvgIpc) is 2.03. The van der Waals surface area contributed by atoms with Gasteiger partial charge in [-0.1, -0.05) is 23.2 Å². The van der Waals surface area contributed by atoms with Gasteiger partial charge in [-0.15, -0.1) is 0 Å². The van der Waals surface area contributed by atoms with Crippen molar-refractivity contribution in [2.24, 2.45) is 5.84 Å². The van der Waals surface area contributed by atoms with Gasteiger partial charge in [0.2, 0.25) is 0 Å². The molecule has 6 heteroatoms. The quantitative estimate of drug-likeness (QED) is 0.336. The molecule has 1 aromatic rings. The molecule has 1 amide bonds. The van der Waals surface area contributed by atoms with Crippen molar-refractivity contribution in [2.75, 3.05) is 7.05 Å². The smallest absolute Gasteiger partial charge is 0.270 e. The summed E-state index contributed by atoms with van der Waals surface area (Å²) in [6.45, 7) is 0. The van der Waals surface area contributed by atoms with Crippen molar-refractivity contribution in [1.82, 2.24) is 9.99 Å². The molecule has 70 valence electrons. The first-order valence-electron chi connectivity index (χ1n) is 3.37.